The van der Waals surface area contributed by atoms with E-state index in [1.807, 2.05) is 36.4 Å². The number of rotatable bonds is 13. The molecule has 0 heterocycles. The molecule has 0 bridgehead atoms. The van der Waals surface area contributed by atoms with Gasteiger partial charge in [-0.3, -0.25) is 4.39 Å². The Morgan fingerprint density at radius 2 is 1.20 bits per heavy atom. The summed E-state index contributed by atoms with van der Waals surface area (Å²) in [7, 11) is 0. The Bertz CT molecular complexity index is 2060. The molecule has 0 aliphatic carbocycles. The van der Waals surface area contributed by atoms with E-state index < -0.39 is 30.6 Å². The summed E-state index contributed by atoms with van der Waals surface area (Å²) >= 11 is 0. The Hall–Kier alpha value is -6.79. The Kier molecular flexibility index (Phi) is 12.8. The van der Waals surface area contributed by atoms with Gasteiger partial charge in [0.15, 0.2) is 0 Å². The van der Waals surface area contributed by atoms with Gasteiger partial charge in [-0.1, -0.05) is 74.6 Å². The van der Waals surface area contributed by atoms with Crippen LogP contribution in [0, 0.1) is 11.8 Å². The van der Waals surface area contributed by atoms with Crippen LogP contribution in [0.3, 0.4) is 0 Å². The second-order valence-electron chi connectivity index (χ2n) is 10.8. The van der Waals surface area contributed by atoms with E-state index in [4.69, 9.17) is 18.9 Å². The van der Waals surface area contributed by atoms with Crippen molar-refractivity contribution in [3.63, 3.8) is 0 Å². The zero-order valence-corrected chi connectivity index (χ0v) is 27.8. The SMILES string of the molecule is C=CC(=O)Oc1ccc(-c2ccc(C#Cc3cc(OC(=O)C=C)c(-c4ccc(OC(=O)C(=C)C)cc4)c(OC(=O)C=C)c3CCCF)cc2)cc1. The second kappa shape index (κ2) is 17.6. The highest BCUT2D eigenvalue weighted by Crippen LogP contribution is 2.44. The molecule has 4 aromatic rings. The third-order valence-corrected chi connectivity index (χ3v) is 7.16. The van der Waals surface area contributed by atoms with Gasteiger partial charge in [-0.25, -0.2) is 19.2 Å². The normalized spacial score (nSPS) is 10.1. The van der Waals surface area contributed by atoms with E-state index in [0.29, 0.717) is 28.0 Å². The molecule has 0 aromatic heterocycles. The number of benzene rings is 4. The molecule has 0 N–H and O–H groups in total. The number of esters is 4. The first kappa shape index (κ1) is 37.0. The van der Waals surface area contributed by atoms with Gasteiger partial charge >= 0.3 is 23.9 Å². The molecule has 0 aliphatic heterocycles. The minimum atomic E-state index is -0.807. The summed E-state index contributed by atoms with van der Waals surface area (Å²) in [5.74, 6) is 4.00. The van der Waals surface area contributed by atoms with E-state index in [2.05, 4.69) is 38.2 Å². The highest BCUT2D eigenvalue weighted by atomic mass is 19.1. The molecule has 8 nitrogen and oxygen atoms in total. The van der Waals surface area contributed by atoms with E-state index in [-0.39, 0.29) is 41.2 Å². The van der Waals surface area contributed by atoms with Gasteiger partial charge in [0, 0.05) is 40.5 Å². The van der Waals surface area contributed by atoms with Crippen LogP contribution < -0.4 is 18.9 Å². The lowest BCUT2D eigenvalue weighted by Crippen LogP contribution is -2.12. The highest BCUT2D eigenvalue weighted by molar-refractivity contribution is 5.92. The summed E-state index contributed by atoms with van der Waals surface area (Å²) in [6.45, 7) is 14.8. The minimum Gasteiger partial charge on any atom is -0.423 e. The maximum Gasteiger partial charge on any atom is 0.338 e. The van der Waals surface area contributed by atoms with Gasteiger partial charge < -0.3 is 18.9 Å². The number of halogens is 1. The molecular weight excluding hydrogens is 651 g/mol. The largest absolute Gasteiger partial charge is 0.423 e. The topological polar surface area (TPSA) is 105 Å². The fraction of sp³-hybridized carbons (Fsp3) is 0.0952. The Balaban J connectivity index is 1.81. The van der Waals surface area contributed by atoms with Crippen molar-refractivity contribution < 1.29 is 42.5 Å². The maximum atomic E-state index is 13.6. The van der Waals surface area contributed by atoms with Crippen molar-refractivity contribution in [1.82, 2.24) is 0 Å². The zero-order chi connectivity index (χ0) is 36.9. The lowest BCUT2D eigenvalue weighted by Gasteiger charge is -2.20. The van der Waals surface area contributed by atoms with Crippen LogP contribution in [0.2, 0.25) is 0 Å². The van der Waals surface area contributed by atoms with Crippen molar-refractivity contribution in [2.24, 2.45) is 0 Å². The molecule has 4 rings (SSSR count). The quantitative estimate of drug-likeness (QED) is 0.0603. The van der Waals surface area contributed by atoms with E-state index in [9.17, 15) is 23.6 Å². The third kappa shape index (κ3) is 9.87. The van der Waals surface area contributed by atoms with Gasteiger partial charge in [-0.2, -0.15) is 0 Å². The predicted molar refractivity (Wildman–Crippen MR) is 192 cm³/mol. The highest BCUT2D eigenvalue weighted by Gasteiger charge is 2.24. The van der Waals surface area contributed by atoms with Crippen LogP contribution in [-0.4, -0.2) is 30.6 Å². The van der Waals surface area contributed by atoms with E-state index in [0.717, 1.165) is 29.4 Å². The van der Waals surface area contributed by atoms with Crippen LogP contribution >= 0.6 is 0 Å². The minimum absolute atomic E-state index is 0.00347. The van der Waals surface area contributed by atoms with Crippen LogP contribution in [0.4, 0.5) is 4.39 Å². The molecule has 0 unspecified atom stereocenters. The van der Waals surface area contributed by atoms with Crippen molar-refractivity contribution in [1.29, 1.82) is 0 Å². The number of ether oxygens (including phenoxy) is 4. The van der Waals surface area contributed by atoms with E-state index in [1.165, 1.54) is 25.1 Å². The average Bonchev–Trinajstić information content (AvgIpc) is 3.14. The summed E-state index contributed by atoms with van der Waals surface area (Å²) < 4.78 is 35.4. The number of carbonyl (C=O) groups excluding carboxylic acids is 4. The predicted octanol–water partition coefficient (Wildman–Crippen LogP) is 8.08. The molecule has 256 valence electrons. The molecule has 0 radical (unpaired) electrons. The first-order chi connectivity index (χ1) is 24.6. The van der Waals surface area contributed by atoms with Crippen molar-refractivity contribution >= 4 is 23.9 Å². The maximum absolute atomic E-state index is 13.6. The molecule has 0 aliphatic rings. The molecule has 0 saturated heterocycles. The Labute approximate surface area is 295 Å². The van der Waals surface area contributed by atoms with Gasteiger partial charge in [0.05, 0.1) is 12.2 Å². The molecule has 0 fully saturated rings. The fourth-order valence-corrected chi connectivity index (χ4v) is 4.68. The van der Waals surface area contributed by atoms with Crippen LogP contribution in [0.25, 0.3) is 22.3 Å². The van der Waals surface area contributed by atoms with Crippen LogP contribution in [0.15, 0.2) is 129 Å². The van der Waals surface area contributed by atoms with Gasteiger partial charge in [0.1, 0.15) is 23.0 Å². The summed E-state index contributed by atoms with van der Waals surface area (Å²) in [5.41, 5.74) is 3.95. The second-order valence-corrected chi connectivity index (χ2v) is 10.8. The molecule has 51 heavy (non-hydrogen) atoms. The molecular formula is C42H33FO8. The monoisotopic (exact) mass is 684 g/mol. The molecule has 0 atom stereocenters. The van der Waals surface area contributed by atoms with Gasteiger partial charge in [-0.05, 0) is 78.9 Å². The molecule has 0 amide bonds. The Morgan fingerprint density at radius 1 is 0.686 bits per heavy atom. The fourth-order valence-electron chi connectivity index (χ4n) is 4.68. The van der Waals surface area contributed by atoms with E-state index in [1.54, 1.807) is 24.3 Å². The molecule has 0 saturated carbocycles. The van der Waals surface area contributed by atoms with Crippen LogP contribution in [0.5, 0.6) is 23.0 Å². The van der Waals surface area contributed by atoms with Crippen molar-refractivity contribution in [3.8, 4) is 57.1 Å². The zero-order valence-electron chi connectivity index (χ0n) is 27.8. The summed E-state index contributed by atoms with van der Waals surface area (Å²) in [5, 5.41) is 0. The Morgan fingerprint density at radius 3 is 1.75 bits per heavy atom. The summed E-state index contributed by atoms with van der Waals surface area (Å²) in [6, 6.07) is 22.0. The van der Waals surface area contributed by atoms with Crippen molar-refractivity contribution in [2.45, 2.75) is 19.8 Å². The third-order valence-electron chi connectivity index (χ3n) is 7.16. The number of hydrogen-bond acceptors (Lipinski definition) is 8. The van der Waals surface area contributed by atoms with Gasteiger partial charge in [0.25, 0.3) is 0 Å². The molecule has 9 heteroatoms. The summed E-state index contributed by atoms with van der Waals surface area (Å²) in [6.07, 6.45) is 3.23. The van der Waals surface area contributed by atoms with Gasteiger partial charge in [-0.15, -0.1) is 0 Å². The standard InChI is InChI=1S/C42H33FO8/c1-6-37(44)48-33-21-17-30(18-22-33)29-14-11-28(12-15-29)13-16-32-26-36(50-38(45)7-2)40(41(51-39(46)8-3)35(32)10-9-25-43)31-19-23-34(24-20-31)49-42(47)27(4)5/h6-8,11-12,14-15,17-24,26H,1-4,9-10,25H2,5H3. The molecule has 4 aromatic carbocycles. The number of alkyl halides is 1. The molecule has 0 spiro atoms. The summed E-state index contributed by atoms with van der Waals surface area (Å²) in [4.78, 5) is 48.7. The average molecular weight is 685 g/mol. The first-order valence-electron chi connectivity index (χ1n) is 15.6. The van der Waals surface area contributed by atoms with Crippen LogP contribution in [0.1, 0.15) is 30.0 Å². The first-order valence-corrected chi connectivity index (χ1v) is 15.6. The van der Waals surface area contributed by atoms with Crippen molar-refractivity contribution in [2.75, 3.05) is 6.67 Å². The number of carbonyl (C=O) groups is 4. The van der Waals surface area contributed by atoms with Crippen molar-refractivity contribution in [3.05, 3.63) is 146 Å². The van der Waals surface area contributed by atoms with Gasteiger partial charge in [0.2, 0.25) is 0 Å². The smallest absolute Gasteiger partial charge is 0.338 e. The van der Waals surface area contributed by atoms with Crippen LogP contribution in [-0.2, 0) is 25.6 Å². The number of hydrogen-bond donors (Lipinski definition) is 0. The lowest BCUT2D eigenvalue weighted by atomic mass is 9.93. The van der Waals surface area contributed by atoms with E-state index >= 15 is 0 Å². The lowest BCUT2D eigenvalue weighted by molar-refractivity contribution is -0.130.